The maximum Gasteiger partial charge on any atom is 0.286 e. The first kappa shape index (κ1) is 43.4. The van der Waals surface area contributed by atoms with E-state index in [4.69, 9.17) is 21.6 Å². The predicted octanol–water partition coefficient (Wildman–Crippen LogP) is 8.53. The molecule has 15 heteroatoms. The highest BCUT2D eigenvalue weighted by atomic mass is 35.5. The lowest BCUT2D eigenvalue weighted by molar-refractivity contribution is -0.119. The Morgan fingerprint density at radius 2 is 1.68 bits per heavy atom. The van der Waals surface area contributed by atoms with Crippen molar-refractivity contribution in [1.29, 1.82) is 0 Å². The molecule has 1 aliphatic heterocycles. The molecule has 0 saturated carbocycles. The highest BCUT2D eigenvalue weighted by Gasteiger charge is 2.28. The number of carbonyl (C=O) groups excluding carboxylic acids is 2. The van der Waals surface area contributed by atoms with Crippen LogP contribution < -0.4 is 20.5 Å². The van der Waals surface area contributed by atoms with E-state index in [1.165, 1.54) is 73.7 Å². The van der Waals surface area contributed by atoms with Gasteiger partial charge in [-0.05, 0) is 74.2 Å². The lowest BCUT2D eigenvalue weighted by Crippen LogP contribution is -2.34. The maximum absolute atomic E-state index is 14.5. The van der Waals surface area contributed by atoms with Crippen LogP contribution in [0.3, 0.4) is 0 Å². The van der Waals surface area contributed by atoms with Gasteiger partial charge in [-0.3, -0.25) is 19.0 Å². The molecule has 1 aliphatic carbocycles. The van der Waals surface area contributed by atoms with E-state index in [0.717, 1.165) is 56.4 Å². The summed E-state index contributed by atoms with van der Waals surface area (Å²) < 4.78 is 29.9. The summed E-state index contributed by atoms with van der Waals surface area (Å²) in [6.45, 7) is 8.03. The summed E-state index contributed by atoms with van der Waals surface area (Å²) >= 11 is 6.63. The Kier molecular flexibility index (Phi) is 14.8. The van der Waals surface area contributed by atoms with Crippen LogP contribution in [0.1, 0.15) is 109 Å². The van der Waals surface area contributed by atoms with Crippen molar-refractivity contribution in [2.75, 3.05) is 23.3 Å². The second-order valence-corrected chi connectivity index (χ2v) is 17.2. The van der Waals surface area contributed by atoms with Gasteiger partial charge in [-0.1, -0.05) is 95.4 Å². The van der Waals surface area contributed by atoms with Gasteiger partial charge in [-0.2, -0.15) is 0 Å². The third kappa shape index (κ3) is 10.7. The molecule has 312 valence electrons. The number of unbranched alkanes of at least 4 members (excludes halogenated alkanes) is 9. The van der Waals surface area contributed by atoms with Crippen LogP contribution in [0.5, 0.6) is 0 Å². The van der Waals surface area contributed by atoms with E-state index in [9.17, 15) is 22.8 Å². The number of aromatic nitrogens is 4. The molecule has 2 N–H and O–H groups in total. The van der Waals surface area contributed by atoms with Crippen molar-refractivity contribution in [3.8, 4) is 0 Å². The first-order valence-electron chi connectivity index (χ1n) is 20.8. The molecular weight excluding hydrogens is 788 g/mol. The van der Waals surface area contributed by atoms with Gasteiger partial charge < -0.3 is 10.2 Å². The highest BCUT2D eigenvalue weighted by Crippen LogP contribution is 2.32. The normalized spacial score (nSPS) is 15.3. The molecule has 0 bridgehead atoms. The zero-order valence-electron chi connectivity index (χ0n) is 34.0. The van der Waals surface area contributed by atoms with Gasteiger partial charge in [0.25, 0.3) is 21.5 Å². The zero-order valence-corrected chi connectivity index (χ0v) is 35.6. The van der Waals surface area contributed by atoms with E-state index in [-0.39, 0.29) is 50.6 Å². The molecule has 1 unspecified atom stereocenters. The Morgan fingerprint density at radius 3 is 2.37 bits per heavy atom. The number of nitrogens with zero attached hydrogens (tertiary/aromatic N) is 6. The molecule has 4 aromatic rings. The molecular formula is C44H53ClN8O5S. The fraction of sp³-hybridized carbons (Fsp3) is 0.432. The fourth-order valence-corrected chi connectivity index (χ4v) is 8.87. The van der Waals surface area contributed by atoms with Crippen molar-refractivity contribution < 1.29 is 18.0 Å². The zero-order chi connectivity index (χ0) is 41.9. The van der Waals surface area contributed by atoms with Crippen LogP contribution in [-0.4, -0.2) is 58.6 Å². The molecule has 6 rings (SSSR count). The molecule has 13 nitrogen and oxygen atoms in total. The second kappa shape index (κ2) is 20.2. The number of aliphatic imine (C=N–C) groups is 1. The first-order chi connectivity index (χ1) is 28.5. The quantitative estimate of drug-likeness (QED) is 0.0694. The minimum atomic E-state index is -4.25. The molecule has 1 atom stereocenters. The van der Waals surface area contributed by atoms with Crippen molar-refractivity contribution in [2.24, 2.45) is 10.9 Å². The lowest BCUT2D eigenvalue weighted by atomic mass is 10.0. The van der Waals surface area contributed by atoms with Crippen LogP contribution >= 0.6 is 11.6 Å². The van der Waals surface area contributed by atoms with Crippen LogP contribution in [0, 0.1) is 5.92 Å². The van der Waals surface area contributed by atoms with Gasteiger partial charge in [0.2, 0.25) is 5.91 Å². The second-order valence-electron chi connectivity index (χ2n) is 15.1. The molecule has 0 spiro atoms. The fourth-order valence-electron chi connectivity index (χ4n) is 7.53. The van der Waals surface area contributed by atoms with Crippen LogP contribution in [0.25, 0.3) is 16.9 Å². The molecule has 2 aromatic heterocycles. The van der Waals surface area contributed by atoms with Crippen LogP contribution in [0.4, 0.5) is 17.1 Å². The summed E-state index contributed by atoms with van der Waals surface area (Å²) in [4.78, 5) is 61.4. The molecule has 0 radical (unpaired) electrons. The highest BCUT2D eigenvalue weighted by molar-refractivity contribution is 7.90. The molecule has 2 amide bonds. The number of anilines is 2. The van der Waals surface area contributed by atoms with Crippen LogP contribution in [0.15, 0.2) is 81.7 Å². The standard InChI is InChI=1S/C44H53ClN8O5S/c1-4-6-7-8-9-10-11-12-13-14-20-38(54)51-59(57,58)33-22-23-35(34(45)29-33)49-43(55)40(48-32-21-24-37-31(28-32)18-16-27-52(37)5-2)42-50-41-39(46-25-26-47-41)44(56)53(42)36-19-15-17-30(36)3/h15,17,19,21-26,28-30H,4-14,16,18,20,27H2,1-3H3,(H,49,55)(H,51,54). The third-order valence-electron chi connectivity index (χ3n) is 10.7. The Hall–Kier alpha value is -5.21. The summed E-state index contributed by atoms with van der Waals surface area (Å²) in [5.74, 6) is -1.61. The van der Waals surface area contributed by atoms with Crippen LogP contribution in [-0.2, 0) is 26.0 Å². The van der Waals surface area contributed by atoms with Crippen molar-refractivity contribution >= 4 is 73.1 Å². The smallest absolute Gasteiger partial charge is 0.286 e. The molecule has 0 fully saturated rings. The van der Waals surface area contributed by atoms with Crippen molar-refractivity contribution in [3.63, 3.8) is 0 Å². The van der Waals surface area contributed by atoms with E-state index in [2.05, 4.69) is 38.8 Å². The minimum absolute atomic E-state index is 0.0277. The Labute approximate surface area is 351 Å². The largest absolute Gasteiger partial charge is 0.372 e. The number of hydrogen-bond acceptors (Lipinski definition) is 10. The van der Waals surface area contributed by atoms with Gasteiger partial charge in [0, 0.05) is 49.2 Å². The number of aryl methyl sites for hydroxylation is 1. The van der Waals surface area contributed by atoms with E-state index >= 15 is 0 Å². The Morgan fingerprint density at radius 1 is 0.949 bits per heavy atom. The summed E-state index contributed by atoms with van der Waals surface area (Å²) in [5, 5.41) is 2.67. The third-order valence-corrected chi connectivity index (χ3v) is 12.4. The maximum atomic E-state index is 14.5. The van der Waals surface area contributed by atoms with Gasteiger partial charge >= 0.3 is 0 Å². The number of amides is 2. The number of fused-ring (bicyclic) bond motifs is 2. The number of halogens is 1. The number of nitrogens with one attached hydrogen (secondary N) is 2. The monoisotopic (exact) mass is 840 g/mol. The van der Waals surface area contributed by atoms with E-state index in [1.807, 2.05) is 37.3 Å². The summed E-state index contributed by atoms with van der Waals surface area (Å²) in [7, 11) is -4.25. The van der Waals surface area contributed by atoms with E-state index in [1.54, 1.807) is 6.08 Å². The van der Waals surface area contributed by atoms with Gasteiger partial charge in [0.05, 0.1) is 21.3 Å². The number of allylic oxidation sites excluding steroid dienone is 4. The summed E-state index contributed by atoms with van der Waals surface area (Å²) in [6.07, 6.45) is 21.2. The SMILES string of the molecule is CCCCCCCCCCCCC(=O)NS(=O)(=O)c1ccc(NC(=O)C(=Nc2ccc3c(c2)CCCN3CC)c2nc3nccnc3c(=O)n2C2=CC=CC2C)c(Cl)c1. The van der Waals surface area contributed by atoms with Crippen molar-refractivity contribution in [3.05, 3.63) is 93.8 Å². The van der Waals surface area contributed by atoms with Crippen molar-refractivity contribution in [1.82, 2.24) is 24.2 Å². The van der Waals surface area contributed by atoms with Crippen LogP contribution in [0.2, 0.25) is 5.02 Å². The van der Waals surface area contributed by atoms with E-state index in [0.29, 0.717) is 17.8 Å². The van der Waals surface area contributed by atoms with Gasteiger partial charge in [-0.15, -0.1) is 0 Å². The summed E-state index contributed by atoms with van der Waals surface area (Å²) in [5.41, 5.74) is 2.64. The predicted molar refractivity (Wildman–Crippen MR) is 235 cm³/mol. The molecule has 3 heterocycles. The van der Waals surface area contributed by atoms with E-state index < -0.39 is 27.4 Å². The molecule has 2 aliphatic rings. The number of rotatable bonds is 19. The molecule has 59 heavy (non-hydrogen) atoms. The number of sulfonamides is 1. The first-order valence-corrected chi connectivity index (χ1v) is 22.6. The van der Waals surface area contributed by atoms with Gasteiger partial charge in [0.1, 0.15) is 0 Å². The van der Waals surface area contributed by atoms with Gasteiger partial charge in [-0.25, -0.2) is 33.1 Å². The minimum Gasteiger partial charge on any atom is -0.372 e. The average molecular weight is 841 g/mol. The topological polar surface area (TPSA) is 169 Å². The average Bonchev–Trinajstić information content (AvgIpc) is 3.65. The number of hydrogen-bond donors (Lipinski definition) is 2. The Bertz CT molecular complexity index is 2450. The summed E-state index contributed by atoms with van der Waals surface area (Å²) in [6, 6.07) is 9.51. The van der Waals surface area contributed by atoms with Gasteiger partial charge in [0.15, 0.2) is 22.7 Å². The number of benzene rings is 2. The van der Waals surface area contributed by atoms with Crippen molar-refractivity contribution in [2.45, 2.75) is 109 Å². The molecule has 2 aromatic carbocycles. The number of carbonyl (C=O) groups is 2. The Balaban J connectivity index is 1.24. The lowest BCUT2D eigenvalue weighted by Gasteiger charge is -2.30. The molecule has 0 saturated heterocycles.